The monoisotopic (exact) mass is 457 g/mol. The van der Waals surface area contributed by atoms with Gasteiger partial charge in [0.1, 0.15) is 0 Å². The minimum atomic E-state index is -0.524. The van der Waals surface area contributed by atoms with Crippen molar-refractivity contribution in [2.45, 2.75) is 6.54 Å². The van der Waals surface area contributed by atoms with Gasteiger partial charge < -0.3 is 5.32 Å². The molecule has 166 valence electrons. The number of rotatable bonds is 8. The third-order valence-electron chi connectivity index (χ3n) is 5.03. The summed E-state index contributed by atoms with van der Waals surface area (Å²) in [4.78, 5) is 27.8. The number of amides is 2. The van der Waals surface area contributed by atoms with E-state index in [0.29, 0.717) is 11.4 Å². The molecule has 0 aliphatic heterocycles. The van der Waals surface area contributed by atoms with Crippen LogP contribution in [0.5, 0.6) is 0 Å². The molecule has 7 heteroatoms. The number of carbonyl (C=O) groups excluding carboxylic acids is 2. The number of carbonyl (C=O) groups is 2. The lowest BCUT2D eigenvalue weighted by Gasteiger charge is -2.23. The summed E-state index contributed by atoms with van der Waals surface area (Å²) in [5.74, 6) is -0.578. The van der Waals surface area contributed by atoms with E-state index in [1.807, 2.05) is 91.0 Å². The molecule has 4 rings (SSSR count). The first-order chi connectivity index (χ1) is 16.2. The fourth-order valence-electron chi connectivity index (χ4n) is 3.49. The van der Waals surface area contributed by atoms with Crippen molar-refractivity contribution >= 4 is 34.5 Å². The molecule has 0 fully saturated rings. The molecule has 0 radical (unpaired) electrons. The maximum Gasteiger partial charge on any atom is 0.284 e. The van der Waals surface area contributed by atoms with Crippen LogP contribution in [0.2, 0.25) is 0 Å². The summed E-state index contributed by atoms with van der Waals surface area (Å²) >= 11 is 1.30. The molecular weight excluding hydrogens is 434 g/mol. The molecule has 0 atom stereocenters. The predicted molar refractivity (Wildman–Crippen MR) is 131 cm³/mol. The molecule has 3 N–H and O–H groups in total. The Morgan fingerprint density at radius 3 is 2.12 bits per heavy atom. The summed E-state index contributed by atoms with van der Waals surface area (Å²) in [6.45, 7) is 0.695. The normalized spacial score (nSPS) is 10.6. The van der Waals surface area contributed by atoms with Crippen molar-refractivity contribution in [2.75, 3.05) is 11.4 Å². The molecule has 0 bridgehead atoms. The Hall–Kier alpha value is -3.78. The molecule has 0 unspecified atom stereocenters. The number of para-hydroxylation sites is 2. The fourth-order valence-corrected chi connectivity index (χ4v) is 4.38. The van der Waals surface area contributed by atoms with Crippen LogP contribution in [0.15, 0.2) is 97.1 Å². The van der Waals surface area contributed by atoms with Gasteiger partial charge in [-0.25, -0.2) is 5.48 Å². The van der Waals surface area contributed by atoms with E-state index in [1.54, 1.807) is 16.4 Å². The molecule has 3 aromatic carbocycles. The van der Waals surface area contributed by atoms with Crippen molar-refractivity contribution in [3.63, 3.8) is 0 Å². The predicted octanol–water partition coefficient (Wildman–Crippen LogP) is 4.99. The molecule has 1 heterocycles. The van der Waals surface area contributed by atoms with E-state index in [-0.39, 0.29) is 12.5 Å². The van der Waals surface area contributed by atoms with Crippen LogP contribution in [-0.4, -0.2) is 23.6 Å². The summed E-state index contributed by atoms with van der Waals surface area (Å²) in [6.07, 6.45) is 0. The first kappa shape index (κ1) is 22.4. The number of nitrogens with one attached hydrogen (secondary N) is 2. The number of nitrogens with zero attached hydrogens (tertiary/aromatic N) is 1. The molecule has 1 aromatic heterocycles. The van der Waals surface area contributed by atoms with Gasteiger partial charge in [0, 0.05) is 22.8 Å². The number of hydroxylamine groups is 1. The number of hydrogen-bond acceptors (Lipinski definition) is 5. The van der Waals surface area contributed by atoms with E-state index in [9.17, 15) is 9.59 Å². The number of thiophene rings is 1. The van der Waals surface area contributed by atoms with Crippen molar-refractivity contribution in [1.82, 2.24) is 10.8 Å². The molecule has 4 aromatic rings. The largest absolute Gasteiger partial charge is 0.304 e. The van der Waals surface area contributed by atoms with E-state index in [1.165, 1.54) is 11.3 Å². The van der Waals surface area contributed by atoms with E-state index in [4.69, 9.17) is 5.21 Å². The Morgan fingerprint density at radius 2 is 1.48 bits per heavy atom. The maximum absolute atomic E-state index is 13.1. The molecule has 0 spiro atoms. The Balaban J connectivity index is 1.43. The molecule has 2 amide bonds. The highest BCUT2D eigenvalue weighted by Gasteiger charge is 2.17. The van der Waals surface area contributed by atoms with Crippen LogP contribution in [0.4, 0.5) is 11.4 Å². The highest BCUT2D eigenvalue weighted by molar-refractivity contribution is 7.17. The second-order valence-corrected chi connectivity index (χ2v) is 8.39. The summed E-state index contributed by atoms with van der Waals surface area (Å²) < 4.78 is 0. The van der Waals surface area contributed by atoms with Crippen LogP contribution in [0.25, 0.3) is 10.4 Å². The summed E-state index contributed by atoms with van der Waals surface area (Å²) in [5, 5.41) is 12.1. The molecular formula is C26H23N3O3S. The number of hydrogen-bond donors (Lipinski definition) is 3. The van der Waals surface area contributed by atoms with Crippen LogP contribution in [0, 0.1) is 0 Å². The molecule has 0 aliphatic rings. The van der Waals surface area contributed by atoms with Crippen molar-refractivity contribution in [1.29, 1.82) is 0 Å². The van der Waals surface area contributed by atoms with Gasteiger partial charge in [-0.3, -0.25) is 19.7 Å². The standard InChI is InChI=1S/C26H23N3O3S/c30-25(29(21-10-3-1-4-11-21)22-12-5-2-6-13-22)18-27-17-19-8-7-9-20(16-19)23-14-15-24(33-23)26(31)28-32/h1-16,27,32H,17-18H2,(H,28,31). The van der Waals surface area contributed by atoms with Gasteiger partial charge in [0.25, 0.3) is 5.91 Å². The minimum absolute atomic E-state index is 0.0542. The Labute approximate surface area is 196 Å². The molecule has 33 heavy (non-hydrogen) atoms. The van der Waals surface area contributed by atoms with Gasteiger partial charge in [0.05, 0.1) is 11.4 Å². The van der Waals surface area contributed by atoms with E-state index in [2.05, 4.69) is 5.32 Å². The van der Waals surface area contributed by atoms with Gasteiger partial charge in [0.2, 0.25) is 5.91 Å². The summed E-state index contributed by atoms with van der Waals surface area (Å²) in [7, 11) is 0. The van der Waals surface area contributed by atoms with Gasteiger partial charge in [-0.05, 0) is 53.6 Å². The van der Waals surface area contributed by atoms with Gasteiger partial charge in [-0.2, -0.15) is 0 Å². The Morgan fingerprint density at radius 1 is 0.818 bits per heavy atom. The van der Waals surface area contributed by atoms with Gasteiger partial charge in [0.15, 0.2) is 0 Å². The summed E-state index contributed by atoms with van der Waals surface area (Å²) in [6, 6.07) is 30.6. The topological polar surface area (TPSA) is 81.7 Å². The van der Waals surface area contributed by atoms with Crippen LogP contribution < -0.4 is 15.7 Å². The lowest BCUT2D eigenvalue weighted by molar-refractivity contribution is -0.117. The van der Waals surface area contributed by atoms with Crippen molar-refractivity contribution in [2.24, 2.45) is 0 Å². The maximum atomic E-state index is 13.1. The third-order valence-corrected chi connectivity index (χ3v) is 6.16. The number of anilines is 2. The van der Waals surface area contributed by atoms with Gasteiger partial charge >= 0.3 is 0 Å². The van der Waals surface area contributed by atoms with Crippen LogP contribution in [0.3, 0.4) is 0 Å². The minimum Gasteiger partial charge on any atom is -0.304 e. The molecule has 6 nitrogen and oxygen atoms in total. The highest BCUT2D eigenvalue weighted by Crippen LogP contribution is 2.29. The molecule has 0 saturated heterocycles. The zero-order valence-corrected chi connectivity index (χ0v) is 18.6. The van der Waals surface area contributed by atoms with E-state index < -0.39 is 5.91 Å². The second-order valence-electron chi connectivity index (χ2n) is 7.31. The van der Waals surface area contributed by atoms with Gasteiger partial charge in [-0.15, -0.1) is 11.3 Å². The lowest BCUT2D eigenvalue weighted by Crippen LogP contribution is -2.35. The smallest absolute Gasteiger partial charge is 0.284 e. The van der Waals surface area contributed by atoms with Crippen molar-refractivity contribution < 1.29 is 14.8 Å². The van der Waals surface area contributed by atoms with Crippen LogP contribution in [0.1, 0.15) is 15.2 Å². The number of benzene rings is 3. The second kappa shape index (κ2) is 10.7. The quantitative estimate of drug-likeness (QED) is 0.257. The SMILES string of the molecule is O=C(NO)c1ccc(-c2cccc(CNCC(=O)N(c3ccccc3)c3ccccc3)c2)s1. The zero-order chi connectivity index (χ0) is 23.0. The molecule has 0 saturated carbocycles. The van der Waals surface area contributed by atoms with Gasteiger partial charge in [-0.1, -0.05) is 54.6 Å². The van der Waals surface area contributed by atoms with Crippen LogP contribution >= 0.6 is 11.3 Å². The Kier molecular flexibility index (Phi) is 7.26. The lowest BCUT2D eigenvalue weighted by atomic mass is 10.1. The first-order valence-corrected chi connectivity index (χ1v) is 11.2. The summed E-state index contributed by atoms with van der Waals surface area (Å²) in [5.41, 5.74) is 5.28. The fraction of sp³-hybridized carbons (Fsp3) is 0.0769. The highest BCUT2D eigenvalue weighted by atomic mass is 32.1. The average Bonchev–Trinajstić information content (AvgIpc) is 3.36. The zero-order valence-electron chi connectivity index (χ0n) is 17.8. The Bertz CT molecular complexity index is 1190. The van der Waals surface area contributed by atoms with Crippen LogP contribution in [-0.2, 0) is 11.3 Å². The van der Waals surface area contributed by atoms with Crippen molar-refractivity contribution in [3.8, 4) is 10.4 Å². The first-order valence-electron chi connectivity index (χ1n) is 10.4. The van der Waals surface area contributed by atoms with Crippen molar-refractivity contribution in [3.05, 3.63) is 108 Å². The average molecular weight is 458 g/mol. The van der Waals surface area contributed by atoms with E-state index >= 15 is 0 Å². The molecule has 0 aliphatic carbocycles. The third kappa shape index (κ3) is 5.53. The van der Waals surface area contributed by atoms with E-state index in [0.717, 1.165) is 27.4 Å².